The molecule has 0 saturated carbocycles. The molecule has 0 aromatic heterocycles. The number of nitrogens with zero attached hydrogens (tertiary/aromatic N) is 1. The average molecular weight is 503 g/mol. The van der Waals surface area contributed by atoms with Crippen molar-refractivity contribution >= 4 is 52.7 Å². The van der Waals surface area contributed by atoms with Crippen LogP contribution in [0.15, 0.2) is 71.4 Å². The van der Waals surface area contributed by atoms with Gasteiger partial charge >= 0.3 is 5.97 Å². The van der Waals surface area contributed by atoms with Crippen molar-refractivity contribution in [2.24, 2.45) is 4.99 Å². The zero-order chi connectivity index (χ0) is 23.4. The molecule has 8 heteroatoms. The fourth-order valence-corrected chi connectivity index (χ4v) is 3.99. The number of carbonyl (C=O) groups excluding carboxylic acids is 1. The number of rotatable bonds is 7. The second kappa shape index (κ2) is 10.3. The number of aliphatic imine (C=N–C) groups is 1. The molecule has 1 heterocycles. The Morgan fingerprint density at radius 3 is 2.52 bits per heavy atom. The van der Waals surface area contributed by atoms with Gasteiger partial charge in [0.2, 0.25) is 5.90 Å². The highest BCUT2D eigenvalue weighted by Gasteiger charge is 2.26. The Morgan fingerprint density at radius 2 is 1.79 bits per heavy atom. The van der Waals surface area contributed by atoms with Crippen molar-refractivity contribution in [2.75, 3.05) is 13.7 Å². The van der Waals surface area contributed by atoms with Gasteiger partial charge in [0.25, 0.3) is 0 Å². The summed E-state index contributed by atoms with van der Waals surface area (Å²) in [6.45, 7) is 0.433. The van der Waals surface area contributed by atoms with E-state index in [2.05, 4.69) is 4.99 Å². The van der Waals surface area contributed by atoms with Gasteiger partial charge in [0.15, 0.2) is 17.2 Å². The van der Waals surface area contributed by atoms with Gasteiger partial charge in [-0.3, -0.25) is 0 Å². The van der Waals surface area contributed by atoms with Crippen LogP contribution in [-0.2, 0) is 16.0 Å². The number of esters is 1. The molecule has 1 aliphatic rings. The maximum absolute atomic E-state index is 12.4. The molecule has 4 rings (SSSR count). The zero-order valence-electron chi connectivity index (χ0n) is 17.5. The minimum Gasteiger partial charge on any atom is -0.493 e. The van der Waals surface area contributed by atoms with Gasteiger partial charge in [0.05, 0.1) is 29.3 Å². The molecule has 3 aromatic carbocycles. The van der Waals surface area contributed by atoms with Gasteiger partial charge in [-0.1, -0.05) is 65.1 Å². The van der Waals surface area contributed by atoms with Crippen molar-refractivity contribution in [3.8, 4) is 11.5 Å². The summed E-state index contributed by atoms with van der Waals surface area (Å²) in [6, 6.07) is 18.2. The van der Waals surface area contributed by atoms with Gasteiger partial charge in [0.1, 0.15) is 0 Å². The van der Waals surface area contributed by atoms with E-state index in [1.54, 1.807) is 36.4 Å². The molecule has 5 nitrogen and oxygen atoms in total. The normalized spacial score (nSPS) is 14.2. The maximum atomic E-state index is 12.4. The zero-order valence-corrected chi connectivity index (χ0v) is 19.7. The molecular weight excluding hydrogens is 485 g/mol. The summed E-state index contributed by atoms with van der Waals surface area (Å²) in [5.74, 6) is 0.378. The van der Waals surface area contributed by atoms with Crippen LogP contribution >= 0.6 is 34.8 Å². The summed E-state index contributed by atoms with van der Waals surface area (Å²) in [5, 5.41) is 1.15. The van der Waals surface area contributed by atoms with Crippen molar-refractivity contribution in [3.63, 3.8) is 0 Å². The third kappa shape index (κ3) is 5.50. The van der Waals surface area contributed by atoms with Crippen LogP contribution in [0, 0.1) is 0 Å². The molecule has 0 fully saturated rings. The first kappa shape index (κ1) is 23.2. The standard InChI is InChI=1S/C25H18Cl3NO4/c1-31-22-13-16(11-20(28)23(22)32-10-9-15-5-3-2-4-6-15)12-21-25(30)33-24(29-21)18-8-7-17(26)14-19(18)27/h2-8,11-14H,9-10H2,1H3/b21-12-. The Balaban J connectivity index is 1.55. The van der Waals surface area contributed by atoms with E-state index in [4.69, 9.17) is 49.0 Å². The topological polar surface area (TPSA) is 57.1 Å². The smallest absolute Gasteiger partial charge is 0.363 e. The van der Waals surface area contributed by atoms with Crippen molar-refractivity contribution in [1.82, 2.24) is 0 Å². The molecule has 0 saturated heterocycles. The fraction of sp³-hybridized carbons (Fsp3) is 0.120. The summed E-state index contributed by atoms with van der Waals surface area (Å²) in [6.07, 6.45) is 2.28. The summed E-state index contributed by atoms with van der Waals surface area (Å²) < 4.78 is 16.6. The Kier molecular flexibility index (Phi) is 7.23. The third-order valence-electron chi connectivity index (χ3n) is 4.82. The van der Waals surface area contributed by atoms with Gasteiger partial charge < -0.3 is 14.2 Å². The second-order valence-electron chi connectivity index (χ2n) is 7.08. The van der Waals surface area contributed by atoms with E-state index in [0.717, 1.165) is 12.0 Å². The SMILES string of the molecule is COc1cc(/C=C2\N=C(c3ccc(Cl)cc3Cl)OC2=O)cc(Cl)c1OCCc1ccccc1. The lowest BCUT2D eigenvalue weighted by molar-refractivity contribution is -0.129. The molecule has 0 amide bonds. The van der Waals surface area contributed by atoms with Crippen molar-refractivity contribution in [3.05, 3.63) is 98.1 Å². The molecular formula is C25H18Cl3NO4. The third-order valence-corrected chi connectivity index (χ3v) is 5.65. The van der Waals surface area contributed by atoms with Crippen molar-refractivity contribution in [1.29, 1.82) is 0 Å². The van der Waals surface area contributed by atoms with E-state index < -0.39 is 5.97 Å². The highest BCUT2D eigenvalue weighted by Crippen LogP contribution is 2.37. The van der Waals surface area contributed by atoms with Crippen LogP contribution in [0.2, 0.25) is 15.1 Å². The lowest BCUT2D eigenvalue weighted by atomic mass is 10.1. The summed E-state index contributed by atoms with van der Waals surface area (Å²) in [7, 11) is 1.52. The van der Waals surface area contributed by atoms with E-state index in [0.29, 0.717) is 44.3 Å². The molecule has 0 N–H and O–H groups in total. The number of halogens is 3. The lowest BCUT2D eigenvalue weighted by Crippen LogP contribution is -2.06. The first-order chi connectivity index (χ1) is 15.9. The largest absolute Gasteiger partial charge is 0.493 e. The van der Waals surface area contributed by atoms with Gasteiger partial charge in [-0.05, 0) is 47.5 Å². The fourth-order valence-electron chi connectivity index (χ4n) is 3.22. The minimum atomic E-state index is -0.603. The van der Waals surface area contributed by atoms with Crippen LogP contribution < -0.4 is 9.47 Å². The van der Waals surface area contributed by atoms with Gasteiger partial charge in [0, 0.05) is 11.4 Å². The Morgan fingerprint density at radius 1 is 1.00 bits per heavy atom. The highest BCUT2D eigenvalue weighted by molar-refractivity contribution is 6.37. The number of cyclic esters (lactones) is 1. The minimum absolute atomic E-state index is 0.104. The number of ether oxygens (including phenoxy) is 3. The van der Waals surface area contributed by atoms with Crippen LogP contribution in [-0.4, -0.2) is 25.6 Å². The van der Waals surface area contributed by atoms with Crippen molar-refractivity contribution in [2.45, 2.75) is 6.42 Å². The quantitative estimate of drug-likeness (QED) is 0.269. The Bertz CT molecular complexity index is 1260. The average Bonchev–Trinajstić information content (AvgIpc) is 3.15. The van der Waals surface area contributed by atoms with E-state index in [-0.39, 0.29) is 11.6 Å². The molecule has 0 unspecified atom stereocenters. The van der Waals surface area contributed by atoms with E-state index in [1.165, 1.54) is 7.11 Å². The molecule has 0 aliphatic carbocycles. The molecule has 0 atom stereocenters. The molecule has 0 radical (unpaired) electrons. The van der Waals surface area contributed by atoms with E-state index in [9.17, 15) is 4.79 Å². The van der Waals surface area contributed by atoms with Crippen LogP contribution in [0.5, 0.6) is 11.5 Å². The maximum Gasteiger partial charge on any atom is 0.363 e. The summed E-state index contributed by atoms with van der Waals surface area (Å²) in [5.41, 5.74) is 2.33. The number of carbonyl (C=O) groups is 1. The van der Waals surface area contributed by atoms with Crippen LogP contribution in [0.3, 0.4) is 0 Å². The highest BCUT2D eigenvalue weighted by atomic mass is 35.5. The number of hydrogen-bond donors (Lipinski definition) is 0. The Hall–Kier alpha value is -2.99. The predicted octanol–water partition coefficient (Wildman–Crippen LogP) is 6.62. The summed E-state index contributed by atoms with van der Waals surface area (Å²) >= 11 is 18.6. The van der Waals surface area contributed by atoms with E-state index >= 15 is 0 Å². The van der Waals surface area contributed by atoms with Gasteiger partial charge in [-0.15, -0.1) is 0 Å². The van der Waals surface area contributed by atoms with Crippen LogP contribution in [0.1, 0.15) is 16.7 Å². The first-order valence-electron chi connectivity index (χ1n) is 9.97. The van der Waals surface area contributed by atoms with Crippen molar-refractivity contribution < 1.29 is 19.0 Å². The monoisotopic (exact) mass is 501 g/mol. The number of benzene rings is 3. The summed E-state index contributed by atoms with van der Waals surface area (Å²) in [4.78, 5) is 16.6. The molecule has 1 aliphatic heterocycles. The molecule has 0 spiro atoms. The second-order valence-corrected chi connectivity index (χ2v) is 8.33. The number of hydrogen-bond acceptors (Lipinski definition) is 5. The van der Waals surface area contributed by atoms with Crippen LogP contribution in [0.25, 0.3) is 6.08 Å². The molecule has 33 heavy (non-hydrogen) atoms. The first-order valence-corrected chi connectivity index (χ1v) is 11.1. The van der Waals surface area contributed by atoms with Gasteiger partial charge in [-0.25, -0.2) is 9.79 Å². The molecule has 0 bridgehead atoms. The molecule has 3 aromatic rings. The number of methoxy groups -OCH3 is 1. The van der Waals surface area contributed by atoms with E-state index in [1.807, 2.05) is 30.3 Å². The lowest BCUT2D eigenvalue weighted by Gasteiger charge is -2.13. The predicted molar refractivity (Wildman–Crippen MR) is 131 cm³/mol. The Labute approximate surface area is 206 Å². The van der Waals surface area contributed by atoms with Gasteiger partial charge in [-0.2, -0.15) is 0 Å². The van der Waals surface area contributed by atoms with Crippen LogP contribution in [0.4, 0.5) is 0 Å². The molecule has 168 valence electrons.